The van der Waals surface area contributed by atoms with Crippen molar-refractivity contribution in [2.75, 3.05) is 6.61 Å². The summed E-state index contributed by atoms with van der Waals surface area (Å²) in [6.07, 6.45) is 0. The third-order valence-corrected chi connectivity index (χ3v) is 2.07. The van der Waals surface area contributed by atoms with E-state index in [1.54, 1.807) is 0 Å². The first-order chi connectivity index (χ1) is 6.06. The zero-order valence-electron chi connectivity index (χ0n) is 7.01. The largest absolute Gasteiger partial charge is 0.394 e. The van der Waals surface area contributed by atoms with Crippen molar-refractivity contribution < 1.29 is 13.9 Å². The van der Waals surface area contributed by atoms with Gasteiger partial charge in [0.2, 0.25) is 0 Å². The van der Waals surface area contributed by atoms with Gasteiger partial charge >= 0.3 is 0 Å². The van der Waals surface area contributed by atoms with Crippen molar-refractivity contribution in [1.29, 1.82) is 0 Å². The average molecular weight is 289 g/mol. The van der Waals surface area contributed by atoms with Gasteiger partial charge in [-0.2, -0.15) is 0 Å². The minimum Gasteiger partial charge on any atom is -0.394 e. The van der Waals surface area contributed by atoms with Crippen molar-refractivity contribution in [3.63, 3.8) is 0 Å². The van der Waals surface area contributed by atoms with Crippen LogP contribution in [0.5, 0.6) is 0 Å². The van der Waals surface area contributed by atoms with E-state index in [0.717, 1.165) is 12.1 Å². The van der Waals surface area contributed by atoms with Crippen LogP contribution < -0.4 is 5.73 Å². The molecule has 14 heavy (non-hydrogen) atoms. The second kappa shape index (κ2) is 5.60. The number of benzene rings is 1. The number of aliphatic hydroxyl groups excluding tert-OH is 1. The average Bonchev–Trinajstić information content (AvgIpc) is 2.02. The quantitative estimate of drug-likeness (QED) is 0.876. The summed E-state index contributed by atoms with van der Waals surface area (Å²) in [6.45, 7) is -0.491. The molecule has 0 amide bonds. The SMILES string of the molecule is Cl.N[C@@H](CO)c1c(F)cc(Br)cc1F. The minimum atomic E-state index is -1.02. The second-order valence-electron chi connectivity index (χ2n) is 2.57. The zero-order valence-corrected chi connectivity index (χ0v) is 9.41. The van der Waals surface area contributed by atoms with Crippen molar-refractivity contribution >= 4 is 28.3 Å². The molecule has 0 unspecified atom stereocenters. The summed E-state index contributed by atoms with van der Waals surface area (Å²) in [6, 6.07) is 1.19. The van der Waals surface area contributed by atoms with Crippen LogP contribution in [-0.2, 0) is 0 Å². The molecule has 0 spiro atoms. The number of nitrogens with two attached hydrogens (primary N) is 1. The summed E-state index contributed by atoms with van der Waals surface area (Å²) >= 11 is 2.93. The molecular weight excluding hydrogens is 279 g/mol. The zero-order chi connectivity index (χ0) is 10.0. The lowest BCUT2D eigenvalue weighted by Gasteiger charge is -2.10. The highest BCUT2D eigenvalue weighted by atomic mass is 79.9. The highest BCUT2D eigenvalue weighted by Gasteiger charge is 2.16. The van der Waals surface area contributed by atoms with E-state index in [1.165, 1.54) is 0 Å². The molecule has 0 aliphatic rings. The van der Waals surface area contributed by atoms with E-state index in [9.17, 15) is 8.78 Å². The molecule has 0 bridgehead atoms. The van der Waals surface area contributed by atoms with Gasteiger partial charge in [-0.1, -0.05) is 15.9 Å². The Morgan fingerprint density at radius 1 is 1.36 bits per heavy atom. The molecule has 1 rings (SSSR count). The van der Waals surface area contributed by atoms with Gasteiger partial charge in [-0.15, -0.1) is 12.4 Å². The van der Waals surface area contributed by atoms with Gasteiger partial charge in [-0.25, -0.2) is 8.78 Å². The fourth-order valence-electron chi connectivity index (χ4n) is 0.999. The Hall–Kier alpha value is -0.230. The Balaban J connectivity index is 0.00000169. The van der Waals surface area contributed by atoms with Crippen molar-refractivity contribution in [1.82, 2.24) is 0 Å². The van der Waals surface area contributed by atoms with Crippen LogP contribution in [0.3, 0.4) is 0 Å². The maximum absolute atomic E-state index is 13.1. The van der Waals surface area contributed by atoms with Crippen molar-refractivity contribution in [2.24, 2.45) is 5.73 Å². The van der Waals surface area contributed by atoms with Crippen LogP contribution in [0.4, 0.5) is 8.78 Å². The predicted molar refractivity (Wildman–Crippen MR) is 55.3 cm³/mol. The Morgan fingerprint density at radius 2 is 1.79 bits per heavy atom. The normalized spacial score (nSPS) is 12.1. The van der Waals surface area contributed by atoms with E-state index in [2.05, 4.69) is 15.9 Å². The van der Waals surface area contributed by atoms with Gasteiger partial charge in [0.15, 0.2) is 0 Å². The van der Waals surface area contributed by atoms with Crippen LogP contribution in [0.15, 0.2) is 16.6 Å². The molecule has 0 saturated carbocycles. The van der Waals surface area contributed by atoms with Crippen LogP contribution in [0.1, 0.15) is 11.6 Å². The molecule has 0 heterocycles. The Labute approximate surface area is 94.6 Å². The number of hydrogen-bond donors (Lipinski definition) is 2. The van der Waals surface area contributed by atoms with Crippen molar-refractivity contribution in [2.45, 2.75) is 6.04 Å². The van der Waals surface area contributed by atoms with Crippen LogP contribution in [0.2, 0.25) is 0 Å². The minimum absolute atomic E-state index is 0. The molecule has 6 heteroatoms. The molecule has 1 aromatic carbocycles. The van der Waals surface area contributed by atoms with Crippen LogP contribution in [0.25, 0.3) is 0 Å². The highest BCUT2D eigenvalue weighted by Crippen LogP contribution is 2.23. The molecule has 1 aromatic rings. The molecule has 1 atom stereocenters. The smallest absolute Gasteiger partial charge is 0.132 e. The van der Waals surface area contributed by atoms with Gasteiger partial charge in [-0.3, -0.25) is 0 Å². The maximum atomic E-state index is 13.1. The standard InChI is InChI=1S/C8H8BrF2NO.ClH/c9-4-1-5(10)8(6(11)2-4)7(12)3-13;/h1-2,7,13H,3,12H2;1H/t7-;/m0./s1. The molecule has 0 aliphatic carbocycles. The summed E-state index contributed by atoms with van der Waals surface area (Å²) in [5.74, 6) is -1.51. The number of halogens is 4. The number of hydrogen-bond acceptors (Lipinski definition) is 2. The first-order valence-corrected chi connectivity index (χ1v) is 4.36. The summed E-state index contributed by atoms with van der Waals surface area (Å²) in [4.78, 5) is 0. The van der Waals surface area contributed by atoms with E-state index in [0.29, 0.717) is 4.47 Å². The summed E-state index contributed by atoms with van der Waals surface area (Å²) < 4.78 is 26.5. The predicted octanol–water partition coefficient (Wildman–Crippen LogP) is 2.14. The van der Waals surface area contributed by atoms with Crippen molar-refractivity contribution in [3.8, 4) is 0 Å². The van der Waals surface area contributed by atoms with Crippen LogP contribution in [-0.4, -0.2) is 11.7 Å². The summed E-state index contributed by atoms with van der Waals surface area (Å²) in [7, 11) is 0. The van der Waals surface area contributed by atoms with Gasteiger partial charge < -0.3 is 10.8 Å². The third-order valence-electron chi connectivity index (χ3n) is 1.61. The molecule has 0 radical (unpaired) electrons. The Bertz CT molecular complexity index is 301. The van der Waals surface area contributed by atoms with Gasteiger partial charge in [0.05, 0.1) is 12.6 Å². The van der Waals surface area contributed by atoms with Gasteiger partial charge in [0.1, 0.15) is 11.6 Å². The van der Waals surface area contributed by atoms with E-state index in [1.807, 2.05) is 0 Å². The van der Waals surface area contributed by atoms with Crippen LogP contribution >= 0.6 is 28.3 Å². The Morgan fingerprint density at radius 3 is 2.14 bits per heavy atom. The topological polar surface area (TPSA) is 46.2 Å². The fraction of sp³-hybridized carbons (Fsp3) is 0.250. The second-order valence-corrected chi connectivity index (χ2v) is 3.49. The maximum Gasteiger partial charge on any atom is 0.132 e. The van der Waals surface area contributed by atoms with E-state index in [4.69, 9.17) is 10.8 Å². The first-order valence-electron chi connectivity index (χ1n) is 3.57. The van der Waals surface area contributed by atoms with Crippen LogP contribution in [0, 0.1) is 11.6 Å². The number of aliphatic hydroxyl groups is 1. The summed E-state index contributed by atoms with van der Waals surface area (Å²) in [5.41, 5.74) is 5.01. The van der Waals surface area contributed by atoms with E-state index >= 15 is 0 Å². The molecule has 80 valence electrons. The lowest BCUT2D eigenvalue weighted by Crippen LogP contribution is -2.17. The monoisotopic (exact) mass is 287 g/mol. The van der Waals surface area contributed by atoms with Gasteiger partial charge in [0.25, 0.3) is 0 Å². The Kier molecular flexibility index (Phi) is 5.51. The molecule has 3 N–H and O–H groups in total. The van der Waals surface area contributed by atoms with Gasteiger partial charge in [0, 0.05) is 10.0 Å². The van der Waals surface area contributed by atoms with E-state index in [-0.39, 0.29) is 18.0 Å². The fourth-order valence-corrected chi connectivity index (χ4v) is 1.40. The summed E-state index contributed by atoms with van der Waals surface area (Å²) in [5, 5.41) is 8.64. The molecular formula is C8H9BrClF2NO. The third kappa shape index (κ3) is 2.88. The first kappa shape index (κ1) is 13.8. The number of rotatable bonds is 2. The molecule has 0 fully saturated rings. The molecule has 0 saturated heterocycles. The molecule has 0 aliphatic heterocycles. The highest BCUT2D eigenvalue weighted by molar-refractivity contribution is 9.10. The lowest BCUT2D eigenvalue weighted by atomic mass is 10.1. The molecule has 0 aromatic heterocycles. The van der Waals surface area contributed by atoms with E-state index < -0.39 is 24.3 Å². The van der Waals surface area contributed by atoms with Crippen molar-refractivity contribution in [3.05, 3.63) is 33.8 Å². The van der Waals surface area contributed by atoms with Gasteiger partial charge in [-0.05, 0) is 12.1 Å². The lowest BCUT2D eigenvalue weighted by molar-refractivity contribution is 0.262. The molecule has 2 nitrogen and oxygen atoms in total.